The Kier molecular flexibility index (Phi) is 4.28. The molecule has 0 bridgehead atoms. The van der Waals surface area contributed by atoms with Gasteiger partial charge in [0.25, 0.3) is 0 Å². The SMILES string of the molecule is Clc1cc(Cl)c(N/N=C\c2c(Cl)nc3sccn23)c(Cl)c1. The third kappa shape index (κ3) is 2.98. The molecule has 0 amide bonds. The van der Waals surface area contributed by atoms with Gasteiger partial charge in [-0.05, 0) is 12.1 Å². The average Bonchev–Trinajstić information content (AvgIpc) is 2.94. The molecule has 3 rings (SSSR count). The summed E-state index contributed by atoms with van der Waals surface area (Å²) in [7, 11) is 0. The minimum atomic E-state index is 0.376. The largest absolute Gasteiger partial charge is 0.288 e. The summed E-state index contributed by atoms with van der Waals surface area (Å²) in [5, 5.41) is 7.60. The monoisotopic (exact) mass is 378 g/mol. The van der Waals surface area contributed by atoms with Crippen LogP contribution in [0.15, 0.2) is 28.8 Å². The number of hydrogen-bond donors (Lipinski definition) is 1. The van der Waals surface area contributed by atoms with Crippen LogP contribution in [-0.4, -0.2) is 15.6 Å². The smallest absolute Gasteiger partial charge is 0.195 e. The van der Waals surface area contributed by atoms with Gasteiger partial charge in [0.15, 0.2) is 10.1 Å². The Morgan fingerprint density at radius 1 is 1.19 bits per heavy atom. The van der Waals surface area contributed by atoms with E-state index < -0.39 is 0 Å². The molecule has 1 aromatic carbocycles. The highest BCUT2D eigenvalue weighted by atomic mass is 35.5. The highest BCUT2D eigenvalue weighted by Crippen LogP contribution is 2.33. The van der Waals surface area contributed by atoms with Crippen LogP contribution in [0.4, 0.5) is 5.69 Å². The molecular formula is C12H6Cl4N4S. The van der Waals surface area contributed by atoms with E-state index in [1.807, 2.05) is 16.0 Å². The molecule has 0 spiro atoms. The molecule has 0 aliphatic rings. The quantitative estimate of drug-likeness (QED) is 0.485. The predicted octanol–water partition coefficient (Wildman–Crippen LogP) is 5.46. The molecule has 0 aliphatic heterocycles. The lowest BCUT2D eigenvalue weighted by Crippen LogP contribution is -1.95. The Morgan fingerprint density at radius 3 is 2.62 bits per heavy atom. The molecule has 0 aliphatic carbocycles. The van der Waals surface area contributed by atoms with Gasteiger partial charge in [0, 0.05) is 16.6 Å². The molecule has 21 heavy (non-hydrogen) atoms. The average molecular weight is 380 g/mol. The zero-order valence-corrected chi connectivity index (χ0v) is 14.0. The van der Waals surface area contributed by atoms with Crippen molar-refractivity contribution in [2.45, 2.75) is 0 Å². The lowest BCUT2D eigenvalue weighted by atomic mass is 10.3. The second-order valence-corrected chi connectivity index (χ2v) is 6.44. The van der Waals surface area contributed by atoms with E-state index in [0.717, 1.165) is 4.96 Å². The predicted molar refractivity (Wildman–Crippen MR) is 90.8 cm³/mol. The Labute approximate surface area is 143 Å². The van der Waals surface area contributed by atoms with E-state index in [1.54, 1.807) is 18.3 Å². The number of anilines is 1. The second kappa shape index (κ2) is 6.02. The van der Waals surface area contributed by atoms with Crippen molar-refractivity contribution in [3.8, 4) is 0 Å². The second-order valence-electron chi connectivity index (χ2n) is 3.96. The van der Waals surface area contributed by atoms with E-state index in [9.17, 15) is 0 Å². The highest BCUT2D eigenvalue weighted by Gasteiger charge is 2.10. The standard InChI is InChI=1S/C12H6Cl4N4S/c13-6-3-7(14)10(8(15)4-6)19-17-5-9-11(16)18-12-20(9)1-2-21-12/h1-5,19H/b17-5-. The van der Waals surface area contributed by atoms with Crippen LogP contribution in [0.25, 0.3) is 4.96 Å². The number of hydrazone groups is 1. The van der Waals surface area contributed by atoms with E-state index in [-0.39, 0.29) is 0 Å². The Balaban J connectivity index is 1.88. The van der Waals surface area contributed by atoms with Crippen LogP contribution in [0, 0.1) is 0 Å². The highest BCUT2D eigenvalue weighted by molar-refractivity contribution is 7.15. The van der Waals surface area contributed by atoms with Crippen LogP contribution >= 0.6 is 57.7 Å². The van der Waals surface area contributed by atoms with Crippen molar-refractivity contribution in [1.82, 2.24) is 9.38 Å². The van der Waals surface area contributed by atoms with Gasteiger partial charge in [-0.1, -0.05) is 46.4 Å². The summed E-state index contributed by atoms with van der Waals surface area (Å²) < 4.78 is 1.84. The van der Waals surface area contributed by atoms with Crippen LogP contribution in [0.5, 0.6) is 0 Å². The number of hydrogen-bond acceptors (Lipinski definition) is 4. The van der Waals surface area contributed by atoms with Gasteiger partial charge in [-0.25, -0.2) is 4.98 Å². The molecule has 3 aromatic rings. The molecule has 0 unspecified atom stereocenters. The number of imidazole rings is 1. The normalized spacial score (nSPS) is 11.6. The van der Waals surface area contributed by atoms with Crippen molar-refractivity contribution >= 4 is 74.6 Å². The van der Waals surface area contributed by atoms with Crippen molar-refractivity contribution in [1.29, 1.82) is 0 Å². The maximum Gasteiger partial charge on any atom is 0.195 e. The first-order valence-corrected chi connectivity index (χ1v) is 8.00. The minimum Gasteiger partial charge on any atom is -0.288 e. The molecule has 108 valence electrons. The number of nitrogens with zero attached hydrogens (tertiary/aromatic N) is 3. The number of fused-ring (bicyclic) bond motifs is 1. The fourth-order valence-electron chi connectivity index (χ4n) is 1.70. The molecule has 0 saturated heterocycles. The van der Waals surface area contributed by atoms with Gasteiger partial charge in [-0.3, -0.25) is 9.83 Å². The zero-order chi connectivity index (χ0) is 15.0. The summed E-state index contributed by atoms with van der Waals surface area (Å²) in [6.45, 7) is 0. The summed E-state index contributed by atoms with van der Waals surface area (Å²) in [5.41, 5.74) is 3.92. The van der Waals surface area contributed by atoms with Crippen LogP contribution in [0.3, 0.4) is 0 Å². The topological polar surface area (TPSA) is 41.7 Å². The summed E-state index contributed by atoms with van der Waals surface area (Å²) >= 11 is 25.5. The number of nitrogens with one attached hydrogen (secondary N) is 1. The van der Waals surface area contributed by atoms with Crippen LogP contribution < -0.4 is 5.43 Å². The van der Waals surface area contributed by atoms with Gasteiger partial charge in [0.1, 0.15) is 5.69 Å². The number of aromatic nitrogens is 2. The third-order valence-electron chi connectivity index (χ3n) is 2.62. The van der Waals surface area contributed by atoms with E-state index in [1.165, 1.54) is 11.3 Å². The lowest BCUT2D eigenvalue weighted by Gasteiger charge is -2.06. The molecule has 0 saturated carbocycles. The first kappa shape index (κ1) is 14.9. The van der Waals surface area contributed by atoms with Crippen molar-refractivity contribution in [2.75, 3.05) is 5.43 Å². The lowest BCUT2D eigenvalue weighted by molar-refractivity contribution is 1.21. The van der Waals surface area contributed by atoms with Gasteiger partial charge >= 0.3 is 0 Å². The summed E-state index contributed by atoms with van der Waals surface area (Å²) in [6, 6.07) is 3.16. The van der Waals surface area contributed by atoms with Crippen molar-refractivity contribution < 1.29 is 0 Å². The van der Waals surface area contributed by atoms with Gasteiger partial charge in [-0.15, -0.1) is 11.3 Å². The van der Waals surface area contributed by atoms with Crippen LogP contribution in [0.2, 0.25) is 20.2 Å². The first-order chi connectivity index (χ1) is 10.1. The molecule has 0 atom stereocenters. The van der Waals surface area contributed by atoms with Gasteiger partial charge < -0.3 is 0 Å². The maximum atomic E-state index is 6.06. The fourth-order valence-corrected chi connectivity index (χ4v) is 3.59. The molecule has 9 heteroatoms. The van der Waals surface area contributed by atoms with Gasteiger partial charge in [0.05, 0.1) is 21.9 Å². The third-order valence-corrected chi connectivity index (χ3v) is 4.47. The van der Waals surface area contributed by atoms with E-state index in [0.29, 0.717) is 31.6 Å². The molecule has 1 N–H and O–H groups in total. The Hall–Kier alpha value is -0.980. The van der Waals surface area contributed by atoms with Crippen LogP contribution in [-0.2, 0) is 0 Å². The van der Waals surface area contributed by atoms with Crippen molar-refractivity contribution in [3.05, 3.63) is 49.6 Å². The zero-order valence-electron chi connectivity index (χ0n) is 10.1. The van der Waals surface area contributed by atoms with Gasteiger partial charge in [0.2, 0.25) is 0 Å². The molecule has 2 aromatic heterocycles. The van der Waals surface area contributed by atoms with Crippen molar-refractivity contribution in [2.24, 2.45) is 5.10 Å². The van der Waals surface area contributed by atoms with E-state index in [2.05, 4.69) is 15.5 Å². The minimum absolute atomic E-state index is 0.376. The molecule has 0 fully saturated rings. The number of benzene rings is 1. The summed E-state index contributed by atoms with van der Waals surface area (Å²) in [5.74, 6) is 0. The molecule has 4 nitrogen and oxygen atoms in total. The van der Waals surface area contributed by atoms with Crippen LogP contribution in [0.1, 0.15) is 5.69 Å². The molecular weight excluding hydrogens is 374 g/mol. The Morgan fingerprint density at radius 2 is 1.90 bits per heavy atom. The maximum absolute atomic E-state index is 6.06. The van der Waals surface area contributed by atoms with E-state index in [4.69, 9.17) is 46.4 Å². The summed E-state index contributed by atoms with van der Waals surface area (Å²) in [6.07, 6.45) is 3.42. The number of rotatable bonds is 3. The number of halogens is 4. The van der Waals surface area contributed by atoms with Crippen molar-refractivity contribution in [3.63, 3.8) is 0 Å². The fraction of sp³-hybridized carbons (Fsp3) is 0. The summed E-state index contributed by atoms with van der Waals surface area (Å²) in [4.78, 5) is 5.00. The molecule has 0 radical (unpaired) electrons. The number of thiazole rings is 1. The van der Waals surface area contributed by atoms with Gasteiger partial charge in [-0.2, -0.15) is 5.10 Å². The van der Waals surface area contributed by atoms with E-state index >= 15 is 0 Å². The Bertz CT molecular complexity index is 816. The molecule has 2 heterocycles. The first-order valence-electron chi connectivity index (χ1n) is 5.61.